The molecular formula is C49H34O. The highest BCUT2D eigenvalue weighted by molar-refractivity contribution is 6.25. The van der Waals surface area contributed by atoms with Gasteiger partial charge in [-0.2, -0.15) is 0 Å². The molecule has 50 heavy (non-hydrogen) atoms. The highest BCUT2D eigenvalue weighted by atomic mass is 16.3. The summed E-state index contributed by atoms with van der Waals surface area (Å²) in [6.07, 6.45) is -0.678. The predicted molar refractivity (Wildman–Crippen MR) is 214 cm³/mol. The van der Waals surface area contributed by atoms with Crippen LogP contribution in [0, 0.1) is 0 Å². The maximum absolute atomic E-state index is 9.58. The van der Waals surface area contributed by atoms with Crippen LogP contribution in [0.15, 0.2) is 168 Å². The van der Waals surface area contributed by atoms with Gasteiger partial charge in [0.2, 0.25) is 0 Å². The molecule has 1 nitrogen and oxygen atoms in total. The van der Waals surface area contributed by atoms with E-state index in [4.69, 9.17) is 16.8 Å². The number of fused-ring (bicyclic) bond motifs is 7. The molecule has 236 valence electrons. The van der Waals surface area contributed by atoms with E-state index < -0.39 is 78.7 Å². The van der Waals surface area contributed by atoms with Crippen molar-refractivity contribution in [1.82, 2.24) is 0 Å². The van der Waals surface area contributed by atoms with Crippen molar-refractivity contribution in [3.63, 3.8) is 0 Å². The minimum Gasteiger partial charge on any atom is -0.464 e. The minimum absolute atomic E-state index is 0.102. The van der Waals surface area contributed by atoms with Gasteiger partial charge in [-0.3, -0.25) is 0 Å². The van der Waals surface area contributed by atoms with Crippen molar-refractivity contribution in [2.24, 2.45) is 0 Å². The van der Waals surface area contributed by atoms with Gasteiger partial charge in [0, 0.05) is 16.5 Å². The number of hydrogen-bond acceptors (Lipinski definition) is 1. The Labute approximate surface area is 309 Å². The number of furan rings is 1. The number of benzene rings is 9. The zero-order valence-electron chi connectivity index (χ0n) is 40.1. The molecule has 0 bridgehead atoms. The first-order valence-corrected chi connectivity index (χ1v) is 16.5. The molecule has 1 aromatic heterocycles. The standard InChI is InChI=1S/C49H34O/c1-30(2)32-21-19-31-20-22-35-25-36(23-24-37(35)43(31)26-32)44-27-33-11-3-4-12-34(33)28-45(44)48-39-14-5-7-16-41(39)49(42-17-8-6-15-40(42)48)46-29-50-47-18-10-9-13-38(46)47/h3-30H,1-2H3/i5D,6D,7D,8D,9D,10D,13D,14D,15D,16D,17D,18D,29D. The van der Waals surface area contributed by atoms with Gasteiger partial charge in [-0.05, 0) is 112 Å². The van der Waals surface area contributed by atoms with E-state index in [0.717, 1.165) is 37.9 Å². The number of hydrogen-bond donors (Lipinski definition) is 0. The van der Waals surface area contributed by atoms with E-state index in [9.17, 15) is 5.48 Å². The molecule has 0 radical (unpaired) electrons. The van der Waals surface area contributed by atoms with Crippen molar-refractivity contribution in [2.75, 3.05) is 0 Å². The van der Waals surface area contributed by atoms with Gasteiger partial charge in [-0.15, -0.1) is 0 Å². The summed E-state index contributed by atoms with van der Waals surface area (Å²) in [4.78, 5) is 0. The number of rotatable bonds is 4. The lowest BCUT2D eigenvalue weighted by atomic mass is 9.82. The summed E-state index contributed by atoms with van der Waals surface area (Å²) in [7, 11) is 0. The molecule has 9 aromatic carbocycles. The number of para-hydroxylation sites is 1. The summed E-state index contributed by atoms with van der Waals surface area (Å²) >= 11 is 0. The van der Waals surface area contributed by atoms with Crippen molar-refractivity contribution >= 4 is 64.8 Å². The van der Waals surface area contributed by atoms with Crippen LogP contribution >= 0.6 is 0 Å². The smallest absolute Gasteiger partial charge is 0.134 e. The Morgan fingerprint density at radius 3 is 1.72 bits per heavy atom. The molecule has 0 aliphatic carbocycles. The van der Waals surface area contributed by atoms with E-state index in [1.807, 2.05) is 54.6 Å². The molecule has 0 amide bonds. The highest BCUT2D eigenvalue weighted by Gasteiger charge is 2.21. The van der Waals surface area contributed by atoms with Gasteiger partial charge in [0.1, 0.15) is 6.95 Å². The molecule has 0 unspecified atom stereocenters. The average Bonchev–Trinajstić information content (AvgIpc) is 3.64. The first kappa shape index (κ1) is 18.5. The molecule has 10 rings (SSSR count). The molecule has 0 saturated carbocycles. The molecule has 10 aromatic rings. The van der Waals surface area contributed by atoms with Crippen LogP contribution in [0.25, 0.3) is 98.2 Å². The average molecular weight is 652 g/mol. The molecule has 0 aliphatic heterocycles. The van der Waals surface area contributed by atoms with Gasteiger partial charge in [0.15, 0.2) is 0 Å². The van der Waals surface area contributed by atoms with Gasteiger partial charge in [-0.25, -0.2) is 0 Å². The van der Waals surface area contributed by atoms with Crippen LogP contribution in [0.2, 0.25) is 0 Å². The van der Waals surface area contributed by atoms with Crippen LogP contribution in [-0.4, -0.2) is 0 Å². The molecule has 0 aliphatic rings. The van der Waals surface area contributed by atoms with Crippen LogP contribution in [0.1, 0.15) is 43.1 Å². The van der Waals surface area contributed by atoms with Crippen molar-refractivity contribution in [3.8, 4) is 33.4 Å². The lowest BCUT2D eigenvalue weighted by Gasteiger charge is -2.20. The van der Waals surface area contributed by atoms with Crippen LogP contribution in [0.4, 0.5) is 0 Å². The summed E-state index contributed by atoms with van der Waals surface area (Å²) in [6, 6.07) is 21.0. The maximum atomic E-state index is 9.58. The summed E-state index contributed by atoms with van der Waals surface area (Å²) in [5.41, 5.74) is 2.16. The monoisotopic (exact) mass is 651 g/mol. The van der Waals surface area contributed by atoms with Crippen LogP contribution in [0.3, 0.4) is 0 Å². The molecule has 0 spiro atoms. The Bertz CT molecular complexity index is 3620. The fourth-order valence-electron chi connectivity index (χ4n) is 7.32. The molecule has 0 N–H and O–H groups in total. The van der Waals surface area contributed by atoms with Crippen LogP contribution in [-0.2, 0) is 0 Å². The predicted octanol–water partition coefficient (Wildman–Crippen LogP) is 14.3. The van der Waals surface area contributed by atoms with Crippen LogP contribution < -0.4 is 0 Å². The third kappa shape index (κ3) is 4.40. The zero-order chi connectivity index (χ0) is 44.7. The normalized spacial score (nSPS) is 15.6. The highest BCUT2D eigenvalue weighted by Crippen LogP contribution is 2.48. The summed E-state index contributed by atoms with van der Waals surface area (Å²) in [6.45, 7) is 4.30. The first-order valence-electron chi connectivity index (χ1n) is 23.0. The fraction of sp³-hybridized carbons (Fsp3) is 0.0612. The van der Waals surface area contributed by atoms with E-state index in [1.54, 1.807) is 0 Å². The molecule has 0 saturated heterocycles. The second-order valence-electron chi connectivity index (χ2n) is 12.9. The van der Waals surface area contributed by atoms with Gasteiger partial charge in [0.25, 0.3) is 0 Å². The Kier molecular flexibility index (Phi) is 4.15. The van der Waals surface area contributed by atoms with Gasteiger partial charge in [0.05, 0.1) is 22.7 Å². The van der Waals surface area contributed by atoms with Crippen molar-refractivity contribution in [2.45, 2.75) is 19.8 Å². The summed E-state index contributed by atoms with van der Waals surface area (Å²) in [5, 5.41) is 4.86. The van der Waals surface area contributed by atoms with E-state index >= 15 is 0 Å². The fourth-order valence-corrected chi connectivity index (χ4v) is 7.32. The van der Waals surface area contributed by atoms with E-state index in [2.05, 4.69) is 44.2 Å². The van der Waals surface area contributed by atoms with Gasteiger partial charge >= 0.3 is 0 Å². The van der Waals surface area contributed by atoms with Crippen molar-refractivity contribution in [3.05, 3.63) is 169 Å². The second-order valence-corrected chi connectivity index (χ2v) is 12.9. The molecule has 0 fully saturated rings. The molecular weight excluding hydrogens is 605 g/mol. The Morgan fingerprint density at radius 2 is 1.04 bits per heavy atom. The minimum atomic E-state index is -0.678. The lowest BCUT2D eigenvalue weighted by molar-refractivity contribution is 0.617. The largest absolute Gasteiger partial charge is 0.464 e. The third-order valence-corrected chi connectivity index (χ3v) is 9.78. The van der Waals surface area contributed by atoms with Gasteiger partial charge in [-0.1, -0.05) is 147 Å². The quantitative estimate of drug-likeness (QED) is 0.136. The Morgan fingerprint density at radius 1 is 0.460 bits per heavy atom. The van der Waals surface area contributed by atoms with Gasteiger partial charge < -0.3 is 4.42 Å². The SMILES string of the molecule is [2H]c1oc2c([2H])c([2H])c([2H])c([2H])c2c1-c1c2c([2H])c([2H])c([2H])c([2H])c2c(-c2cc3ccccc3cc2-c2ccc3c(ccc4ccc(C(C)C)cc43)c2)c2c([2H])c([2H])c([2H])c([2H])c12. The Balaban J connectivity index is 1.44. The second kappa shape index (κ2) is 11.2. The third-order valence-electron chi connectivity index (χ3n) is 9.78. The molecule has 0 atom stereocenters. The first-order chi connectivity index (χ1) is 30.0. The van der Waals surface area contributed by atoms with E-state index in [0.29, 0.717) is 17.0 Å². The summed E-state index contributed by atoms with van der Waals surface area (Å²) in [5.74, 6) is 0.318. The topological polar surface area (TPSA) is 13.1 Å². The zero-order valence-corrected chi connectivity index (χ0v) is 27.1. The van der Waals surface area contributed by atoms with Crippen LogP contribution in [0.5, 0.6) is 0 Å². The molecule has 1 heteroatoms. The van der Waals surface area contributed by atoms with Crippen molar-refractivity contribution < 1.29 is 22.2 Å². The van der Waals surface area contributed by atoms with E-state index in [-0.39, 0.29) is 49.2 Å². The maximum Gasteiger partial charge on any atom is 0.134 e. The summed E-state index contributed by atoms with van der Waals surface area (Å²) < 4.78 is 123. The van der Waals surface area contributed by atoms with Crippen molar-refractivity contribution in [1.29, 1.82) is 0 Å². The van der Waals surface area contributed by atoms with E-state index in [1.165, 1.54) is 5.56 Å². The Hall–Kier alpha value is -6.18. The lowest BCUT2D eigenvalue weighted by Crippen LogP contribution is -1.93. The molecule has 1 heterocycles.